The Morgan fingerprint density at radius 3 is 2.22 bits per heavy atom. The average Bonchev–Trinajstić information content (AvgIpc) is 3.29. The minimum absolute atomic E-state index is 0. The number of para-hydroxylation sites is 1. The molecule has 3 heterocycles. The summed E-state index contributed by atoms with van der Waals surface area (Å²) in [7, 11) is 2.23. The number of oxazole rings is 1. The summed E-state index contributed by atoms with van der Waals surface area (Å²) in [5.41, 5.74) is 4.90. The zero-order chi connectivity index (χ0) is 23.1. The normalized spacial score (nSPS) is 20.7. The number of nitrogens with one attached hydrogen (secondary N) is 1. The third-order valence-electron chi connectivity index (χ3n) is 7.58. The van der Waals surface area contributed by atoms with Crippen LogP contribution < -0.4 is 5.32 Å². The molecule has 1 aromatic heterocycles. The molecule has 2 aliphatic heterocycles. The van der Waals surface area contributed by atoms with Gasteiger partial charge in [-0.1, -0.05) is 61.0 Å². The van der Waals surface area contributed by atoms with Crippen molar-refractivity contribution in [2.75, 3.05) is 7.05 Å². The number of aromatic nitrogens is 1. The summed E-state index contributed by atoms with van der Waals surface area (Å²) >= 11 is 0. The minimum Gasteiger partial charge on any atom is -0.436 e. The summed E-state index contributed by atoms with van der Waals surface area (Å²) in [4.78, 5) is 20.7. The quantitative estimate of drug-likeness (QED) is 0.287. The minimum atomic E-state index is -0.0607. The van der Waals surface area contributed by atoms with Gasteiger partial charge in [0.1, 0.15) is 5.52 Å². The molecule has 4 aromatic rings. The highest BCUT2D eigenvalue weighted by Crippen LogP contribution is 2.35. The number of amides is 1. The summed E-state index contributed by atoms with van der Waals surface area (Å²) in [5.74, 6) is 0.470. The van der Waals surface area contributed by atoms with Crippen LogP contribution in [0.25, 0.3) is 33.7 Å². The van der Waals surface area contributed by atoms with Gasteiger partial charge in [0.25, 0.3) is 5.91 Å². The van der Waals surface area contributed by atoms with Gasteiger partial charge in [-0.15, -0.1) is 37.2 Å². The molecular formula is C29H32Cl3N3O2. The lowest BCUT2D eigenvalue weighted by Gasteiger charge is -2.47. The van der Waals surface area contributed by atoms with Crippen molar-refractivity contribution in [2.24, 2.45) is 0 Å². The molecule has 1 amide bonds. The lowest BCUT2D eigenvalue weighted by atomic mass is 9.82. The Morgan fingerprint density at radius 1 is 0.865 bits per heavy atom. The van der Waals surface area contributed by atoms with Crippen LogP contribution in [0.3, 0.4) is 0 Å². The summed E-state index contributed by atoms with van der Waals surface area (Å²) in [6.07, 6.45) is 5.78. The zero-order valence-corrected chi connectivity index (χ0v) is 23.1. The average molecular weight is 561 g/mol. The van der Waals surface area contributed by atoms with E-state index in [-0.39, 0.29) is 49.2 Å². The van der Waals surface area contributed by atoms with Gasteiger partial charge in [-0.25, -0.2) is 4.98 Å². The third-order valence-corrected chi connectivity index (χ3v) is 7.58. The van der Waals surface area contributed by atoms with Gasteiger partial charge in [0.15, 0.2) is 5.58 Å². The lowest BCUT2D eigenvalue weighted by molar-refractivity contribution is 0.0463. The van der Waals surface area contributed by atoms with E-state index in [0.29, 0.717) is 34.6 Å². The second-order valence-corrected chi connectivity index (χ2v) is 9.63. The number of carbonyl (C=O) groups excluding carboxylic acids is 1. The first-order valence-corrected chi connectivity index (χ1v) is 12.2. The van der Waals surface area contributed by atoms with Crippen LogP contribution in [-0.2, 0) is 0 Å². The molecule has 0 aliphatic carbocycles. The number of piperidine rings is 2. The number of rotatable bonds is 4. The van der Waals surface area contributed by atoms with E-state index in [4.69, 9.17) is 9.40 Å². The monoisotopic (exact) mass is 559 g/mol. The van der Waals surface area contributed by atoms with Crippen molar-refractivity contribution in [3.8, 4) is 22.6 Å². The fourth-order valence-electron chi connectivity index (χ4n) is 5.78. The van der Waals surface area contributed by atoms with Crippen LogP contribution in [0.5, 0.6) is 0 Å². The maximum atomic E-state index is 13.4. The van der Waals surface area contributed by atoms with E-state index in [2.05, 4.69) is 35.5 Å². The molecule has 3 aromatic carbocycles. The maximum absolute atomic E-state index is 13.4. The molecule has 2 aliphatic rings. The van der Waals surface area contributed by atoms with Gasteiger partial charge < -0.3 is 14.6 Å². The predicted octanol–water partition coefficient (Wildman–Crippen LogP) is 7.17. The maximum Gasteiger partial charge on any atom is 0.253 e. The van der Waals surface area contributed by atoms with Crippen molar-refractivity contribution in [2.45, 2.75) is 50.2 Å². The fourth-order valence-corrected chi connectivity index (χ4v) is 5.78. The Morgan fingerprint density at radius 2 is 1.51 bits per heavy atom. The van der Waals surface area contributed by atoms with E-state index in [1.165, 1.54) is 19.3 Å². The van der Waals surface area contributed by atoms with Crippen LogP contribution in [0.2, 0.25) is 0 Å². The van der Waals surface area contributed by atoms with E-state index in [9.17, 15) is 4.79 Å². The summed E-state index contributed by atoms with van der Waals surface area (Å²) in [6.45, 7) is 0. The number of hydrogen-bond acceptors (Lipinski definition) is 4. The van der Waals surface area contributed by atoms with E-state index in [0.717, 1.165) is 29.5 Å². The van der Waals surface area contributed by atoms with Gasteiger partial charge in [-0.2, -0.15) is 0 Å². The highest BCUT2D eigenvalue weighted by Gasteiger charge is 2.36. The number of carbonyl (C=O) groups is 1. The molecule has 8 heteroatoms. The molecule has 196 valence electrons. The first-order chi connectivity index (χ1) is 16.7. The summed E-state index contributed by atoms with van der Waals surface area (Å²) < 4.78 is 6.17. The zero-order valence-electron chi connectivity index (χ0n) is 20.6. The molecule has 1 N–H and O–H groups in total. The topological polar surface area (TPSA) is 58.4 Å². The van der Waals surface area contributed by atoms with Crippen molar-refractivity contribution in [1.82, 2.24) is 15.2 Å². The number of fused-ring (bicyclic) bond motifs is 3. The number of halogens is 3. The third kappa shape index (κ3) is 5.65. The molecular weight excluding hydrogens is 529 g/mol. The van der Waals surface area contributed by atoms with Crippen LogP contribution in [0.1, 0.15) is 42.5 Å². The summed E-state index contributed by atoms with van der Waals surface area (Å²) in [5, 5.41) is 3.32. The Bertz CT molecular complexity index is 1330. The standard InChI is InChI=1S/C29H29N3O2.3ClH/c1-32-21-11-7-12-22(32)18-20(17-21)30-28(33)25-15-8-16-26-27(25)31-29(34-26)24-14-6-5-13-23(24)19-9-3-2-4-10-19;;;/h2-6,8-10,13-16,20-22H,7,11-12,17-18H2,1H3,(H,30,33);3*1H. The molecule has 2 atom stereocenters. The van der Waals surface area contributed by atoms with E-state index in [1.54, 1.807) is 0 Å². The Labute approximate surface area is 236 Å². The molecule has 2 fully saturated rings. The molecule has 2 saturated heterocycles. The Hall–Kier alpha value is -2.57. The van der Waals surface area contributed by atoms with E-state index in [1.807, 2.05) is 54.6 Å². The molecule has 2 unspecified atom stereocenters. The van der Waals surface area contributed by atoms with E-state index >= 15 is 0 Å². The second-order valence-electron chi connectivity index (χ2n) is 9.63. The van der Waals surface area contributed by atoms with Crippen LogP contribution >= 0.6 is 37.2 Å². The largest absolute Gasteiger partial charge is 0.436 e. The molecule has 5 nitrogen and oxygen atoms in total. The van der Waals surface area contributed by atoms with Gasteiger partial charge in [-0.05, 0) is 62.1 Å². The molecule has 0 spiro atoms. The van der Waals surface area contributed by atoms with Gasteiger partial charge in [0.05, 0.1) is 5.56 Å². The summed E-state index contributed by atoms with van der Waals surface area (Å²) in [6, 6.07) is 25.3. The van der Waals surface area contributed by atoms with E-state index < -0.39 is 0 Å². The SMILES string of the molecule is CN1C2CCCC1CC(NC(=O)c1cccc3oc(-c4ccccc4-c4ccccc4)nc13)C2.Cl.Cl.Cl. The molecule has 37 heavy (non-hydrogen) atoms. The van der Waals surface area contributed by atoms with Crippen LogP contribution in [0, 0.1) is 0 Å². The smallest absolute Gasteiger partial charge is 0.253 e. The highest BCUT2D eigenvalue weighted by atomic mass is 35.5. The number of nitrogens with zero attached hydrogens (tertiary/aromatic N) is 2. The molecule has 6 rings (SSSR count). The highest BCUT2D eigenvalue weighted by molar-refractivity contribution is 6.05. The molecule has 0 saturated carbocycles. The number of hydrogen-bond donors (Lipinski definition) is 1. The molecule has 0 radical (unpaired) electrons. The second kappa shape index (κ2) is 12.3. The van der Waals surface area contributed by atoms with Gasteiger partial charge in [0, 0.05) is 23.7 Å². The predicted molar refractivity (Wildman–Crippen MR) is 156 cm³/mol. The molecule has 2 bridgehead atoms. The van der Waals surface area contributed by atoms with Crippen molar-refractivity contribution < 1.29 is 9.21 Å². The van der Waals surface area contributed by atoms with Crippen LogP contribution in [0.15, 0.2) is 77.2 Å². The Balaban J connectivity index is 0.00000127. The van der Waals surface area contributed by atoms with Crippen molar-refractivity contribution in [3.05, 3.63) is 78.4 Å². The van der Waals surface area contributed by atoms with Gasteiger partial charge in [-0.3, -0.25) is 4.79 Å². The van der Waals surface area contributed by atoms with Gasteiger partial charge >= 0.3 is 0 Å². The van der Waals surface area contributed by atoms with Gasteiger partial charge in [0.2, 0.25) is 5.89 Å². The van der Waals surface area contributed by atoms with Crippen LogP contribution in [0.4, 0.5) is 0 Å². The first kappa shape index (κ1) is 29.0. The van der Waals surface area contributed by atoms with Crippen molar-refractivity contribution in [1.29, 1.82) is 0 Å². The van der Waals surface area contributed by atoms with Crippen molar-refractivity contribution >= 4 is 54.2 Å². The lowest BCUT2D eigenvalue weighted by Crippen LogP contribution is -2.55. The van der Waals surface area contributed by atoms with Crippen molar-refractivity contribution in [3.63, 3.8) is 0 Å². The Kier molecular flexibility index (Phi) is 9.65. The number of benzene rings is 3. The fraction of sp³-hybridized carbons (Fsp3) is 0.310. The first-order valence-electron chi connectivity index (χ1n) is 12.2. The van der Waals surface area contributed by atoms with Crippen LogP contribution in [-0.4, -0.2) is 41.0 Å².